The van der Waals surface area contributed by atoms with E-state index in [2.05, 4.69) is 6.92 Å². The monoisotopic (exact) mass is 478 g/mol. The molecule has 6 heteroatoms. The standard InChI is InChI=1S/C27H27ClN2O2S/c1-3-4-8-17-32-22-14-12-21(13-15-22)26(31)30(18-20-9-6-5-7-10-20)27-29-24-19(2)11-16-23(28)25(24)33-27/h5-7,9-16H,3-4,8,17-18H2,1-2H3. The van der Waals surface area contributed by atoms with Gasteiger partial charge < -0.3 is 4.74 Å². The molecule has 170 valence electrons. The van der Waals surface area contributed by atoms with Crippen LogP contribution < -0.4 is 9.64 Å². The number of carbonyl (C=O) groups is 1. The van der Waals surface area contributed by atoms with Crippen LogP contribution in [0.5, 0.6) is 5.75 Å². The molecule has 4 rings (SSSR count). The molecule has 0 aliphatic carbocycles. The molecule has 0 fully saturated rings. The maximum Gasteiger partial charge on any atom is 0.260 e. The predicted octanol–water partition coefficient (Wildman–Crippen LogP) is 7.67. The van der Waals surface area contributed by atoms with Crippen molar-refractivity contribution in [2.75, 3.05) is 11.5 Å². The van der Waals surface area contributed by atoms with Crippen molar-refractivity contribution in [2.45, 2.75) is 39.7 Å². The third-order valence-electron chi connectivity index (χ3n) is 5.46. The van der Waals surface area contributed by atoms with E-state index in [1.54, 1.807) is 4.90 Å². The van der Waals surface area contributed by atoms with Crippen molar-refractivity contribution in [3.8, 4) is 5.75 Å². The highest BCUT2D eigenvalue weighted by molar-refractivity contribution is 7.23. The van der Waals surface area contributed by atoms with E-state index in [1.165, 1.54) is 11.3 Å². The number of anilines is 1. The minimum absolute atomic E-state index is 0.107. The number of carbonyl (C=O) groups excluding carboxylic acids is 1. The molecule has 0 saturated heterocycles. The Morgan fingerprint density at radius 1 is 1.03 bits per heavy atom. The van der Waals surface area contributed by atoms with E-state index in [4.69, 9.17) is 21.3 Å². The molecule has 1 aromatic heterocycles. The lowest BCUT2D eigenvalue weighted by atomic mass is 10.1. The molecular formula is C27H27ClN2O2S. The molecule has 4 nitrogen and oxygen atoms in total. The van der Waals surface area contributed by atoms with Gasteiger partial charge in [-0.1, -0.05) is 79.1 Å². The number of thiazole rings is 1. The number of amides is 1. The molecule has 0 atom stereocenters. The zero-order chi connectivity index (χ0) is 23.2. The van der Waals surface area contributed by atoms with Crippen LogP contribution >= 0.6 is 22.9 Å². The summed E-state index contributed by atoms with van der Waals surface area (Å²) in [5.74, 6) is 0.670. The number of hydrogen-bond acceptors (Lipinski definition) is 4. The Hall–Kier alpha value is -2.89. The van der Waals surface area contributed by atoms with Gasteiger partial charge in [0, 0.05) is 5.56 Å². The van der Waals surface area contributed by atoms with Gasteiger partial charge in [0.2, 0.25) is 0 Å². The van der Waals surface area contributed by atoms with Crippen LogP contribution in [0.1, 0.15) is 47.7 Å². The number of nitrogens with zero attached hydrogens (tertiary/aromatic N) is 2. The van der Waals surface area contributed by atoms with Gasteiger partial charge in [0.25, 0.3) is 5.91 Å². The van der Waals surface area contributed by atoms with Crippen molar-refractivity contribution in [1.82, 2.24) is 4.98 Å². The topological polar surface area (TPSA) is 42.4 Å². The summed E-state index contributed by atoms with van der Waals surface area (Å²) in [4.78, 5) is 20.2. The fourth-order valence-corrected chi connectivity index (χ4v) is 4.90. The second-order valence-electron chi connectivity index (χ2n) is 8.00. The third kappa shape index (κ3) is 5.55. The summed E-state index contributed by atoms with van der Waals surface area (Å²) < 4.78 is 6.70. The Labute approximate surface area is 203 Å². The van der Waals surface area contributed by atoms with Gasteiger partial charge in [-0.25, -0.2) is 4.98 Å². The van der Waals surface area contributed by atoms with E-state index in [9.17, 15) is 4.79 Å². The van der Waals surface area contributed by atoms with Crippen LogP contribution in [0.3, 0.4) is 0 Å². The van der Waals surface area contributed by atoms with Gasteiger partial charge in [-0.05, 0) is 54.8 Å². The van der Waals surface area contributed by atoms with Crippen molar-refractivity contribution in [1.29, 1.82) is 0 Å². The van der Waals surface area contributed by atoms with E-state index in [1.807, 2.05) is 73.7 Å². The summed E-state index contributed by atoms with van der Waals surface area (Å²) in [6.07, 6.45) is 3.34. The van der Waals surface area contributed by atoms with E-state index < -0.39 is 0 Å². The first kappa shape index (κ1) is 23.3. The van der Waals surface area contributed by atoms with Gasteiger partial charge in [0.15, 0.2) is 5.13 Å². The number of aromatic nitrogens is 1. The van der Waals surface area contributed by atoms with E-state index in [0.717, 1.165) is 46.4 Å². The molecule has 0 unspecified atom stereocenters. The molecule has 0 spiro atoms. The quantitative estimate of drug-likeness (QED) is 0.232. The van der Waals surface area contributed by atoms with Crippen molar-refractivity contribution >= 4 is 44.2 Å². The van der Waals surface area contributed by atoms with Crippen LogP contribution in [-0.2, 0) is 6.54 Å². The van der Waals surface area contributed by atoms with Crippen molar-refractivity contribution in [2.24, 2.45) is 0 Å². The second-order valence-corrected chi connectivity index (χ2v) is 9.38. The molecule has 4 aromatic rings. The number of benzene rings is 3. The maximum absolute atomic E-state index is 13.6. The molecule has 0 aliphatic rings. The van der Waals surface area contributed by atoms with E-state index in [-0.39, 0.29) is 5.91 Å². The Balaban J connectivity index is 1.63. The first-order valence-electron chi connectivity index (χ1n) is 11.2. The number of halogens is 1. The largest absolute Gasteiger partial charge is 0.494 e. The molecule has 33 heavy (non-hydrogen) atoms. The summed E-state index contributed by atoms with van der Waals surface area (Å²) in [6.45, 7) is 5.28. The highest BCUT2D eigenvalue weighted by Gasteiger charge is 2.23. The van der Waals surface area contributed by atoms with Gasteiger partial charge in [0.05, 0.1) is 28.4 Å². The van der Waals surface area contributed by atoms with Gasteiger partial charge >= 0.3 is 0 Å². The van der Waals surface area contributed by atoms with Crippen molar-refractivity contribution < 1.29 is 9.53 Å². The highest BCUT2D eigenvalue weighted by Crippen LogP contribution is 2.36. The van der Waals surface area contributed by atoms with Crippen LogP contribution in [-0.4, -0.2) is 17.5 Å². The van der Waals surface area contributed by atoms with Crippen LogP contribution in [0.2, 0.25) is 5.02 Å². The van der Waals surface area contributed by atoms with Crippen molar-refractivity contribution in [3.63, 3.8) is 0 Å². The molecule has 1 amide bonds. The molecule has 0 bridgehead atoms. The first-order valence-corrected chi connectivity index (χ1v) is 12.4. The highest BCUT2D eigenvalue weighted by atomic mass is 35.5. The minimum Gasteiger partial charge on any atom is -0.494 e. The summed E-state index contributed by atoms with van der Waals surface area (Å²) in [7, 11) is 0. The Kier molecular flexibility index (Phi) is 7.63. The summed E-state index contributed by atoms with van der Waals surface area (Å²) >= 11 is 7.88. The number of fused-ring (bicyclic) bond motifs is 1. The maximum atomic E-state index is 13.6. The number of aryl methyl sites for hydroxylation is 1. The van der Waals surface area contributed by atoms with Gasteiger partial charge in [-0.15, -0.1) is 0 Å². The van der Waals surface area contributed by atoms with Crippen LogP contribution in [0.15, 0.2) is 66.7 Å². The molecule has 0 saturated carbocycles. The average molecular weight is 479 g/mol. The zero-order valence-electron chi connectivity index (χ0n) is 18.9. The number of ether oxygens (including phenoxy) is 1. The zero-order valence-corrected chi connectivity index (χ0v) is 20.5. The second kappa shape index (κ2) is 10.8. The van der Waals surface area contributed by atoms with E-state index >= 15 is 0 Å². The molecule has 0 aliphatic heterocycles. The number of hydrogen-bond donors (Lipinski definition) is 0. The summed E-state index contributed by atoms with van der Waals surface area (Å²) in [5.41, 5.74) is 3.50. The van der Waals surface area contributed by atoms with Crippen LogP contribution in [0.4, 0.5) is 5.13 Å². The summed E-state index contributed by atoms with van der Waals surface area (Å²) in [6, 6.07) is 21.1. The molecule has 0 N–H and O–H groups in total. The fourth-order valence-electron chi connectivity index (χ4n) is 3.59. The molecular weight excluding hydrogens is 452 g/mol. The fraction of sp³-hybridized carbons (Fsp3) is 0.259. The van der Waals surface area contributed by atoms with Crippen LogP contribution in [0, 0.1) is 6.92 Å². The summed E-state index contributed by atoms with van der Waals surface area (Å²) in [5, 5.41) is 1.28. The predicted molar refractivity (Wildman–Crippen MR) is 138 cm³/mol. The number of unbranched alkanes of at least 4 members (excludes halogenated alkanes) is 2. The lowest BCUT2D eigenvalue weighted by molar-refractivity contribution is 0.0985. The van der Waals surface area contributed by atoms with E-state index in [0.29, 0.717) is 28.9 Å². The third-order valence-corrected chi connectivity index (χ3v) is 7.00. The number of rotatable bonds is 9. The normalized spacial score (nSPS) is 11.0. The lowest BCUT2D eigenvalue weighted by Gasteiger charge is -2.20. The molecule has 1 heterocycles. The van der Waals surface area contributed by atoms with Crippen LogP contribution in [0.25, 0.3) is 10.2 Å². The SMILES string of the molecule is CCCCCOc1ccc(C(=O)N(Cc2ccccc2)c2nc3c(C)ccc(Cl)c3s2)cc1. The van der Waals surface area contributed by atoms with Gasteiger partial charge in [-0.3, -0.25) is 9.69 Å². The van der Waals surface area contributed by atoms with Crippen molar-refractivity contribution in [3.05, 3.63) is 88.4 Å². The lowest BCUT2D eigenvalue weighted by Crippen LogP contribution is -2.30. The van der Waals surface area contributed by atoms with Gasteiger partial charge in [0.1, 0.15) is 5.75 Å². The average Bonchev–Trinajstić information content (AvgIpc) is 3.30. The Bertz CT molecular complexity index is 1180. The minimum atomic E-state index is -0.107. The molecule has 0 radical (unpaired) electrons. The first-order chi connectivity index (χ1) is 16.1. The van der Waals surface area contributed by atoms with Gasteiger partial charge in [-0.2, -0.15) is 0 Å². The Morgan fingerprint density at radius 2 is 1.79 bits per heavy atom. The molecule has 3 aromatic carbocycles. The smallest absolute Gasteiger partial charge is 0.260 e. The Morgan fingerprint density at radius 3 is 2.48 bits per heavy atom.